The lowest BCUT2D eigenvalue weighted by Gasteiger charge is -2.13. The van der Waals surface area contributed by atoms with Gasteiger partial charge in [-0.3, -0.25) is 14.5 Å². The van der Waals surface area contributed by atoms with Crippen molar-refractivity contribution in [2.45, 2.75) is 19.0 Å². The molecule has 3 rings (SSSR count). The lowest BCUT2D eigenvalue weighted by molar-refractivity contribution is -0.132. The van der Waals surface area contributed by atoms with Crippen molar-refractivity contribution in [3.05, 3.63) is 70.7 Å². The van der Waals surface area contributed by atoms with E-state index in [2.05, 4.69) is 10.6 Å². The second-order valence-corrected chi connectivity index (χ2v) is 6.46. The van der Waals surface area contributed by atoms with Gasteiger partial charge in [0.1, 0.15) is 12.6 Å². The molecule has 6 nitrogen and oxygen atoms in total. The summed E-state index contributed by atoms with van der Waals surface area (Å²) in [6, 6.07) is 15.3. The van der Waals surface area contributed by atoms with Gasteiger partial charge in [-0.15, -0.1) is 0 Å². The van der Waals surface area contributed by atoms with Gasteiger partial charge in [-0.05, 0) is 23.3 Å². The molecule has 4 amide bonds. The number of nitrogens with zero attached hydrogens (tertiary/aromatic N) is 1. The minimum absolute atomic E-state index is 0.299. The number of hydrogen-bond acceptors (Lipinski definition) is 3. The van der Waals surface area contributed by atoms with Crippen LogP contribution in [0.15, 0.2) is 54.6 Å². The van der Waals surface area contributed by atoms with Gasteiger partial charge >= 0.3 is 6.03 Å². The molecule has 1 unspecified atom stereocenters. The Morgan fingerprint density at radius 1 is 1.04 bits per heavy atom. The van der Waals surface area contributed by atoms with Gasteiger partial charge in [0.05, 0.1) is 0 Å². The van der Waals surface area contributed by atoms with Crippen LogP contribution in [0.4, 0.5) is 4.79 Å². The van der Waals surface area contributed by atoms with Gasteiger partial charge in [-0.1, -0.05) is 54.1 Å². The molecule has 1 atom stereocenters. The summed E-state index contributed by atoms with van der Waals surface area (Å²) in [5, 5.41) is 5.94. The van der Waals surface area contributed by atoms with Gasteiger partial charge < -0.3 is 10.6 Å². The topological polar surface area (TPSA) is 78.5 Å². The first kappa shape index (κ1) is 17.9. The van der Waals surface area contributed by atoms with Crippen LogP contribution < -0.4 is 10.6 Å². The van der Waals surface area contributed by atoms with Crippen molar-refractivity contribution in [1.82, 2.24) is 15.5 Å². The second kappa shape index (κ2) is 8.01. The number of benzene rings is 2. The van der Waals surface area contributed by atoms with Gasteiger partial charge in [0.15, 0.2) is 0 Å². The molecule has 0 bridgehead atoms. The Labute approximate surface area is 156 Å². The zero-order valence-corrected chi connectivity index (χ0v) is 14.7. The zero-order chi connectivity index (χ0) is 18.5. The lowest BCUT2D eigenvalue weighted by Crippen LogP contribution is -2.41. The molecule has 7 heteroatoms. The first-order valence-corrected chi connectivity index (χ1v) is 8.57. The number of carbonyl (C=O) groups is 3. The summed E-state index contributed by atoms with van der Waals surface area (Å²) in [7, 11) is 0. The molecule has 1 heterocycles. The van der Waals surface area contributed by atoms with Gasteiger partial charge in [0.2, 0.25) is 5.91 Å². The number of hydrogen-bond donors (Lipinski definition) is 2. The Bertz CT molecular complexity index is 809. The number of halogens is 1. The van der Waals surface area contributed by atoms with E-state index in [4.69, 9.17) is 11.6 Å². The Balaban J connectivity index is 1.53. The van der Waals surface area contributed by atoms with E-state index in [1.807, 2.05) is 30.3 Å². The molecule has 1 saturated heterocycles. The van der Waals surface area contributed by atoms with Crippen molar-refractivity contribution >= 4 is 29.4 Å². The molecule has 1 aliphatic heterocycles. The summed E-state index contributed by atoms with van der Waals surface area (Å²) in [6.07, 6.45) is 0.397. The van der Waals surface area contributed by atoms with E-state index >= 15 is 0 Å². The van der Waals surface area contributed by atoms with E-state index in [1.165, 1.54) is 0 Å². The summed E-state index contributed by atoms with van der Waals surface area (Å²) in [5.41, 5.74) is 1.82. The highest BCUT2D eigenvalue weighted by molar-refractivity contribution is 6.30. The molecule has 0 spiro atoms. The maximum Gasteiger partial charge on any atom is 0.325 e. The monoisotopic (exact) mass is 371 g/mol. The number of imide groups is 1. The molecule has 2 N–H and O–H groups in total. The molecule has 1 aliphatic rings. The van der Waals surface area contributed by atoms with Crippen molar-refractivity contribution < 1.29 is 14.4 Å². The third kappa shape index (κ3) is 4.40. The van der Waals surface area contributed by atoms with E-state index in [-0.39, 0.29) is 12.5 Å². The standard InChI is InChI=1S/C19H18ClN3O3/c20-15-8-6-14(7-9-15)11-21-17(24)12-23-18(25)16(22-19(23)26)10-13-4-2-1-3-5-13/h1-9,16H,10-12H2,(H,21,24)(H,22,26). The van der Waals surface area contributed by atoms with Crippen LogP contribution in [0.5, 0.6) is 0 Å². The average molecular weight is 372 g/mol. The van der Waals surface area contributed by atoms with Crippen LogP contribution in [0, 0.1) is 0 Å². The van der Waals surface area contributed by atoms with Crippen LogP contribution in [-0.2, 0) is 22.6 Å². The summed E-state index contributed by atoms with van der Waals surface area (Å²) in [4.78, 5) is 37.5. The molecule has 134 valence electrons. The van der Waals surface area contributed by atoms with E-state index in [0.717, 1.165) is 16.0 Å². The quantitative estimate of drug-likeness (QED) is 0.763. The van der Waals surface area contributed by atoms with Crippen molar-refractivity contribution in [3.8, 4) is 0 Å². The van der Waals surface area contributed by atoms with Crippen molar-refractivity contribution in [2.24, 2.45) is 0 Å². The van der Waals surface area contributed by atoms with Gasteiger partial charge in [-0.25, -0.2) is 4.79 Å². The van der Waals surface area contributed by atoms with Crippen molar-refractivity contribution in [3.63, 3.8) is 0 Å². The van der Waals surface area contributed by atoms with Crippen LogP contribution in [0.2, 0.25) is 5.02 Å². The highest BCUT2D eigenvalue weighted by atomic mass is 35.5. The summed E-state index contributed by atoms with van der Waals surface area (Å²) in [6.45, 7) is -0.00333. The molecule has 26 heavy (non-hydrogen) atoms. The summed E-state index contributed by atoms with van der Waals surface area (Å²) >= 11 is 5.82. The van der Waals surface area contributed by atoms with E-state index in [1.54, 1.807) is 24.3 Å². The molecule has 0 aliphatic carbocycles. The zero-order valence-electron chi connectivity index (χ0n) is 13.9. The van der Waals surface area contributed by atoms with Crippen LogP contribution in [0.25, 0.3) is 0 Å². The molecule has 0 radical (unpaired) electrons. The number of carbonyl (C=O) groups excluding carboxylic acids is 3. The Morgan fingerprint density at radius 2 is 1.73 bits per heavy atom. The highest BCUT2D eigenvalue weighted by Crippen LogP contribution is 2.12. The number of urea groups is 1. The molecule has 2 aromatic rings. The maximum atomic E-state index is 12.4. The summed E-state index contributed by atoms with van der Waals surface area (Å²) in [5.74, 6) is -0.788. The predicted molar refractivity (Wildman–Crippen MR) is 97.5 cm³/mol. The fourth-order valence-electron chi connectivity index (χ4n) is 2.72. The number of rotatable bonds is 6. The minimum Gasteiger partial charge on any atom is -0.350 e. The Morgan fingerprint density at radius 3 is 2.42 bits per heavy atom. The summed E-state index contributed by atoms with van der Waals surface area (Å²) < 4.78 is 0. The Kier molecular flexibility index (Phi) is 5.53. The van der Waals surface area contributed by atoms with Gasteiger partial charge in [0, 0.05) is 18.0 Å². The first-order valence-electron chi connectivity index (χ1n) is 8.20. The van der Waals surface area contributed by atoms with E-state index in [9.17, 15) is 14.4 Å². The van der Waals surface area contributed by atoms with Crippen LogP contribution in [-0.4, -0.2) is 35.3 Å². The van der Waals surface area contributed by atoms with Crippen molar-refractivity contribution in [1.29, 1.82) is 0 Å². The molecular formula is C19H18ClN3O3. The molecule has 0 saturated carbocycles. The number of nitrogens with one attached hydrogen (secondary N) is 2. The van der Waals surface area contributed by atoms with E-state index < -0.39 is 18.0 Å². The van der Waals surface area contributed by atoms with Crippen LogP contribution in [0.3, 0.4) is 0 Å². The number of amides is 4. The second-order valence-electron chi connectivity index (χ2n) is 6.02. The molecule has 2 aromatic carbocycles. The van der Waals surface area contributed by atoms with Crippen molar-refractivity contribution in [2.75, 3.05) is 6.54 Å². The van der Waals surface area contributed by atoms with E-state index in [0.29, 0.717) is 18.0 Å². The van der Waals surface area contributed by atoms with Gasteiger partial charge in [0.25, 0.3) is 5.91 Å². The molecular weight excluding hydrogens is 354 g/mol. The SMILES string of the molecule is O=C(CN1C(=O)NC(Cc2ccccc2)C1=O)NCc1ccc(Cl)cc1. The lowest BCUT2D eigenvalue weighted by atomic mass is 10.1. The first-order chi connectivity index (χ1) is 12.5. The largest absolute Gasteiger partial charge is 0.350 e. The predicted octanol–water partition coefficient (Wildman–Crippen LogP) is 2.12. The highest BCUT2D eigenvalue weighted by Gasteiger charge is 2.38. The fourth-order valence-corrected chi connectivity index (χ4v) is 2.84. The fraction of sp³-hybridized carbons (Fsp3) is 0.211. The maximum absolute atomic E-state index is 12.4. The molecule has 1 fully saturated rings. The third-order valence-corrected chi connectivity index (χ3v) is 4.35. The normalized spacial score (nSPS) is 16.5. The molecule has 0 aromatic heterocycles. The van der Waals surface area contributed by atoms with Gasteiger partial charge in [-0.2, -0.15) is 0 Å². The Hall–Kier alpha value is -2.86. The van der Waals surface area contributed by atoms with Crippen LogP contribution >= 0.6 is 11.6 Å². The third-order valence-electron chi connectivity index (χ3n) is 4.09. The average Bonchev–Trinajstić information content (AvgIpc) is 2.89. The van der Waals surface area contributed by atoms with Crippen LogP contribution in [0.1, 0.15) is 11.1 Å². The minimum atomic E-state index is -0.644. The smallest absolute Gasteiger partial charge is 0.325 e.